The maximum absolute atomic E-state index is 13.4. The number of nitrogens with one attached hydrogen (secondary N) is 1. The Balaban J connectivity index is 2.31. The molecule has 0 radical (unpaired) electrons. The first kappa shape index (κ1) is 15.0. The Bertz CT molecular complexity index is 583. The standard InChI is InChI=1S/C17H19ClFN/c1-3-12-6-4-5-7-15(12)17(20-2)11-13-10-14(19)8-9-16(13)18/h4-10,17,20H,3,11H2,1-2H3. The van der Waals surface area contributed by atoms with Crippen LogP contribution >= 0.6 is 11.6 Å². The Morgan fingerprint density at radius 1 is 1.15 bits per heavy atom. The summed E-state index contributed by atoms with van der Waals surface area (Å²) >= 11 is 6.16. The molecule has 0 bridgehead atoms. The van der Waals surface area contributed by atoms with E-state index in [2.05, 4.69) is 24.4 Å². The molecular weight excluding hydrogens is 273 g/mol. The molecule has 3 heteroatoms. The van der Waals surface area contributed by atoms with E-state index in [1.165, 1.54) is 23.3 Å². The van der Waals surface area contributed by atoms with Crippen molar-refractivity contribution < 1.29 is 4.39 Å². The third-order valence-corrected chi connectivity index (χ3v) is 3.96. The van der Waals surface area contributed by atoms with Gasteiger partial charge in [-0.2, -0.15) is 0 Å². The van der Waals surface area contributed by atoms with Crippen molar-refractivity contribution in [2.24, 2.45) is 0 Å². The van der Waals surface area contributed by atoms with Gasteiger partial charge in [0.15, 0.2) is 0 Å². The second-order valence-corrected chi connectivity index (χ2v) is 5.24. The summed E-state index contributed by atoms with van der Waals surface area (Å²) in [5.74, 6) is -0.247. The highest BCUT2D eigenvalue weighted by Crippen LogP contribution is 2.26. The summed E-state index contributed by atoms with van der Waals surface area (Å²) in [6, 6.07) is 13.0. The van der Waals surface area contributed by atoms with Gasteiger partial charge in [0.25, 0.3) is 0 Å². The van der Waals surface area contributed by atoms with Crippen molar-refractivity contribution in [2.75, 3.05) is 7.05 Å². The summed E-state index contributed by atoms with van der Waals surface area (Å²) in [5, 5.41) is 3.92. The average Bonchev–Trinajstić information content (AvgIpc) is 2.48. The van der Waals surface area contributed by atoms with Crippen LogP contribution in [0, 0.1) is 5.82 Å². The molecule has 0 heterocycles. The van der Waals surface area contributed by atoms with Crippen LogP contribution in [0.5, 0.6) is 0 Å². The van der Waals surface area contributed by atoms with E-state index in [0.29, 0.717) is 11.4 Å². The molecule has 0 aliphatic rings. The van der Waals surface area contributed by atoms with E-state index in [1.807, 2.05) is 19.2 Å². The Morgan fingerprint density at radius 3 is 2.60 bits per heavy atom. The van der Waals surface area contributed by atoms with Gasteiger partial charge >= 0.3 is 0 Å². The van der Waals surface area contributed by atoms with Crippen molar-refractivity contribution in [2.45, 2.75) is 25.8 Å². The second kappa shape index (κ2) is 6.87. The van der Waals surface area contributed by atoms with Crippen LogP contribution in [0.15, 0.2) is 42.5 Å². The fourth-order valence-electron chi connectivity index (χ4n) is 2.48. The van der Waals surface area contributed by atoms with Crippen LogP contribution in [-0.4, -0.2) is 7.05 Å². The average molecular weight is 292 g/mol. The van der Waals surface area contributed by atoms with E-state index in [0.717, 1.165) is 12.0 Å². The van der Waals surface area contributed by atoms with Crippen molar-refractivity contribution >= 4 is 11.6 Å². The summed E-state index contributed by atoms with van der Waals surface area (Å²) in [4.78, 5) is 0. The van der Waals surface area contributed by atoms with Gasteiger partial charge in [0.05, 0.1) is 0 Å². The van der Waals surface area contributed by atoms with Crippen LogP contribution in [0.25, 0.3) is 0 Å². The fourth-order valence-corrected chi connectivity index (χ4v) is 2.68. The number of hydrogen-bond donors (Lipinski definition) is 1. The highest BCUT2D eigenvalue weighted by atomic mass is 35.5. The van der Waals surface area contributed by atoms with Gasteiger partial charge in [-0.15, -0.1) is 0 Å². The minimum Gasteiger partial charge on any atom is -0.313 e. The summed E-state index contributed by atoms with van der Waals surface area (Å²) in [7, 11) is 1.92. The number of aryl methyl sites for hydroxylation is 1. The molecule has 0 aliphatic heterocycles. The molecule has 0 fully saturated rings. The molecule has 20 heavy (non-hydrogen) atoms. The first-order valence-electron chi connectivity index (χ1n) is 6.84. The number of halogens is 2. The van der Waals surface area contributed by atoms with Gasteiger partial charge in [-0.3, -0.25) is 0 Å². The quantitative estimate of drug-likeness (QED) is 0.852. The molecule has 1 unspecified atom stereocenters. The molecule has 0 amide bonds. The predicted molar refractivity (Wildman–Crippen MR) is 82.7 cm³/mol. The van der Waals surface area contributed by atoms with Crippen LogP contribution < -0.4 is 5.32 Å². The lowest BCUT2D eigenvalue weighted by Crippen LogP contribution is -2.20. The lowest BCUT2D eigenvalue weighted by atomic mass is 9.94. The van der Waals surface area contributed by atoms with E-state index in [4.69, 9.17) is 11.6 Å². The molecule has 0 aromatic heterocycles. The molecule has 1 atom stereocenters. The highest BCUT2D eigenvalue weighted by molar-refractivity contribution is 6.31. The zero-order valence-electron chi connectivity index (χ0n) is 11.8. The van der Waals surface area contributed by atoms with Crippen LogP contribution in [0.4, 0.5) is 4.39 Å². The third kappa shape index (κ3) is 3.38. The summed E-state index contributed by atoms with van der Waals surface area (Å²) in [5.41, 5.74) is 3.38. The van der Waals surface area contributed by atoms with Gasteiger partial charge in [-0.25, -0.2) is 4.39 Å². The van der Waals surface area contributed by atoms with Crippen molar-refractivity contribution in [1.29, 1.82) is 0 Å². The van der Waals surface area contributed by atoms with Crippen molar-refractivity contribution in [3.63, 3.8) is 0 Å². The summed E-state index contributed by atoms with van der Waals surface area (Å²) < 4.78 is 13.4. The Morgan fingerprint density at radius 2 is 1.90 bits per heavy atom. The van der Waals surface area contributed by atoms with Crippen molar-refractivity contribution in [3.05, 3.63) is 70.0 Å². The van der Waals surface area contributed by atoms with E-state index in [9.17, 15) is 4.39 Å². The normalized spacial score (nSPS) is 12.4. The second-order valence-electron chi connectivity index (χ2n) is 4.83. The van der Waals surface area contributed by atoms with Crippen LogP contribution in [0.2, 0.25) is 5.02 Å². The van der Waals surface area contributed by atoms with E-state index in [-0.39, 0.29) is 11.9 Å². The SMILES string of the molecule is CCc1ccccc1C(Cc1cc(F)ccc1Cl)NC. The van der Waals surface area contributed by atoms with Crippen molar-refractivity contribution in [1.82, 2.24) is 5.32 Å². The van der Waals surface area contributed by atoms with Gasteiger partial charge in [0.2, 0.25) is 0 Å². The van der Waals surface area contributed by atoms with E-state index >= 15 is 0 Å². The molecule has 1 nitrogen and oxygen atoms in total. The van der Waals surface area contributed by atoms with Crippen LogP contribution in [0.3, 0.4) is 0 Å². The van der Waals surface area contributed by atoms with Gasteiger partial charge in [-0.05, 0) is 54.8 Å². The number of likely N-dealkylation sites (N-methyl/N-ethyl adjacent to an activating group) is 1. The summed E-state index contributed by atoms with van der Waals surface area (Å²) in [6.07, 6.45) is 1.65. The van der Waals surface area contributed by atoms with E-state index in [1.54, 1.807) is 6.07 Å². The first-order valence-corrected chi connectivity index (χ1v) is 7.22. The van der Waals surface area contributed by atoms with Crippen molar-refractivity contribution in [3.8, 4) is 0 Å². The number of rotatable bonds is 5. The zero-order valence-corrected chi connectivity index (χ0v) is 12.5. The minimum absolute atomic E-state index is 0.130. The molecule has 0 saturated carbocycles. The zero-order chi connectivity index (χ0) is 14.5. The van der Waals surface area contributed by atoms with Crippen LogP contribution in [0.1, 0.15) is 29.7 Å². The molecule has 1 N–H and O–H groups in total. The third-order valence-electron chi connectivity index (χ3n) is 3.59. The molecule has 2 aromatic carbocycles. The van der Waals surface area contributed by atoms with Gasteiger partial charge in [0.1, 0.15) is 5.82 Å². The Hall–Kier alpha value is -1.38. The van der Waals surface area contributed by atoms with Gasteiger partial charge < -0.3 is 5.32 Å². The Kier molecular flexibility index (Phi) is 5.16. The number of benzene rings is 2. The molecule has 2 rings (SSSR count). The van der Waals surface area contributed by atoms with Gasteiger partial charge in [-0.1, -0.05) is 42.8 Å². The fraction of sp³-hybridized carbons (Fsp3) is 0.294. The monoisotopic (exact) mass is 291 g/mol. The smallest absolute Gasteiger partial charge is 0.123 e. The van der Waals surface area contributed by atoms with E-state index < -0.39 is 0 Å². The maximum Gasteiger partial charge on any atom is 0.123 e. The molecule has 0 saturated heterocycles. The topological polar surface area (TPSA) is 12.0 Å². The Labute approximate surface area is 124 Å². The first-order chi connectivity index (χ1) is 9.65. The number of hydrogen-bond acceptors (Lipinski definition) is 1. The molecule has 0 aliphatic carbocycles. The highest BCUT2D eigenvalue weighted by Gasteiger charge is 2.15. The predicted octanol–water partition coefficient (Wildman–Crippen LogP) is 4.54. The largest absolute Gasteiger partial charge is 0.313 e. The van der Waals surface area contributed by atoms with Gasteiger partial charge in [0, 0.05) is 11.1 Å². The maximum atomic E-state index is 13.4. The van der Waals surface area contributed by atoms with Crippen LogP contribution in [-0.2, 0) is 12.8 Å². The molecular formula is C17H19ClFN. The molecule has 106 valence electrons. The minimum atomic E-state index is -0.247. The molecule has 0 spiro atoms. The lowest BCUT2D eigenvalue weighted by molar-refractivity contribution is 0.580. The summed E-state index contributed by atoms with van der Waals surface area (Å²) in [6.45, 7) is 2.14. The lowest BCUT2D eigenvalue weighted by Gasteiger charge is -2.20. The molecule has 2 aromatic rings.